The molecule has 1 aromatic carbocycles. The van der Waals surface area contributed by atoms with E-state index in [0.29, 0.717) is 5.92 Å². The third-order valence-electron chi connectivity index (χ3n) is 6.12. The van der Waals surface area contributed by atoms with Crippen molar-refractivity contribution < 1.29 is 0 Å². The van der Waals surface area contributed by atoms with Gasteiger partial charge in [0.05, 0.1) is 5.69 Å². The molecule has 0 spiro atoms. The molecule has 2 aromatic heterocycles. The first-order valence-electron chi connectivity index (χ1n) is 10.6. The fraction of sp³-hybridized carbons (Fsp3) is 0.500. The molecule has 1 fully saturated rings. The quantitative estimate of drug-likeness (QED) is 0.698. The van der Waals surface area contributed by atoms with E-state index >= 15 is 0 Å². The van der Waals surface area contributed by atoms with E-state index in [1.807, 2.05) is 23.1 Å². The molecule has 0 aliphatic carbocycles. The van der Waals surface area contributed by atoms with Gasteiger partial charge in [-0.3, -0.25) is 4.90 Å². The van der Waals surface area contributed by atoms with Crippen molar-refractivity contribution in [3.8, 4) is 5.69 Å². The lowest BCUT2D eigenvalue weighted by Gasteiger charge is -2.32. The van der Waals surface area contributed by atoms with Crippen molar-refractivity contribution in [1.29, 1.82) is 0 Å². The number of piperidine rings is 1. The maximum atomic E-state index is 4.62. The molecule has 1 saturated heterocycles. The zero-order chi connectivity index (χ0) is 18.8. The van der Waals surface area contributed by atoms with Crippen LogP contribution in [0.5, 0.6) is 0 Å². The fourth-order valence-corrected chi connectivity index (χ4v) is 4.65. The number of hydrogen-bond acceptors (Lipinski definition) is 4. The van der Waals surface area contributed by atoms with Gasteiger partial charge in [0, 0.05) is 44.4 Å². The predicted molar refractivity (Wildman–Crippen MR) is 108 cm³/mol. The first-order valence-corrected chi connectivity index (χ1v) is 10.6. The van der Waals surface area contributed by atoms with Crippen LogP contribution in [0.15, 0.2) is 42.7 Å². The van der Waals surface area contributed by atoms with Crippen molar-refractivity contribution in [1.82, 2.24) is 29.4 Å². The molecule has 2 aliphatic heterocycles. The van der Waals surface area contributed by atoms with Gasteiger partial charge in [-0.05, 0) is 56.0 Å². The average molecular weight is 377 g/mol. The second kappa shape index (κ2) is 7.87. The summed E-state index contributed by atoms with van der Waals surface area (Å²) in [6.07, 6.45) is 11.2. The van der Waals surface area contributed by atoms with E-state index < -0.39 is 0 Å². The van der Waals surface area contributed by atoms with Crippen LogP contribution < -0.4 is 0 Å². The summed E-state index contributed by atoms with van der Waals surface area (Å²) in [5.74, 6) is 2.95. The minimum absolute atomic E-state index is 0.511. The Morgan fingerprint density at radius 1 is 0.964 bits per heavy atom. The van der Waals surface area contributed by atoms with E-state index in [2.05, 4.69) is 49.0 Å². The zero-order valence-electron chi connectivity index (χ0n) is 16.4. The lowest BCUT2D eigenvalue weighted by atomic mass is 9.96. The van der Waals surface area contributed by atoms with Gasteiger partial charge in [0.15, 0.2) is 0 Å². The highest BCUT2D eigenvalue weighted by Crippen LogP contribution is 2.28. The normalized spacial score (nSPS) is 20.6. The molecule has 0 radical (unpaired) electrons. The molecule has 6 heteroatoms. The molecule has 5 rings (SSSR count). The van der Waals surface area contributed by atoms with Crippen molar-refractivity contribution in [2.45, 2.75) is 57.5 Å². The first-order chi connectivity index (χ1) is 13.9. The maximum Gasteiger partial charge on any atom is 0.137 e. The van der Waals surface area contributed by atoms with Gasteiger partial charge in [0.2, 0.25) is 0 Å². The number of aryl methyl sites for hydroxylation is 1. The third-order valence-corrected chi connectivity index (χ3v) is 6.12. The molecule has 28 heavy (non-hydrogen) atoms. The Balaban J connectivity index is 1.27. The largest absolute Gasteiger partial charge is 0.315 e. The number of likely N-dealkylation sites (tertiary alicyclic amines) is 1. The van der Waals surface area contributed by atoms with Gasteiger partial charge in [0.25, 0.3) is 0 Å². The minimum Gasteiger partial charge on any atom is -0.315 e. The number of rotatable bonds is 4. The van der Waals surface area contributed by atoms with Gasteiger partial charge in [-0.15, -0.1) is 10.2 Å². The molecular formula is C22H28N6. The summed E-state index contributed by atoms with van der Waals surface area (Å²) in [7, 11) is 0. The second-order valence-electron chi connectivity index (χ2n) is 8.13. The van der Waals surface area contributed by atoms with E-state index in [4.69, 9.17) is 0 Å². The molecule has 0 amide bonds. The molecule has 1 atom stereocenters. The van der Waals surface area contributed by atoms with E-state index in [-0.39, 0.29) is 0 Å². The van der Waals surface area contributed by atoms with E-state index in [9.17, 15) is 0 Å². The van der Waals surface area contributed by atoms with Crippen LogP contribution in [-0.2, 0) is 19.5 Å². The highest BCUT2D eigenvalue weighted by atomic mass is 15.3. The highest BCUT2D eigenvalue weighted by Gasteiger charge is 2.27. The van der Waals surface area contributed by atoms with Crippen LogP contribution in [0.2, 0.25) is 0 Å². The number of hydrogen-bond donors (Lipinski definition) is 0. The maximum absolute atomic E-state index is 4.62. The predicted octanol–water partition coefficient (Wildman–Crippen LogP) is 3.57. The molecule has 146 valence electrons. The number of fused-ring (bicyclic) bond motifs is 1. The molecule has 3 aromatic rings. The van der Waals surface area contributed by atoms with Crippen LogP contribution in [0.4, 0.5) is 0 Å². The van der Waals surface area contributed by atoms with Gasteiger partial charge in [-0.2, -0.15) is 5.10 Å². The number of benzene rings is 1. The highest BCUT2D eigenvalue weighted by molar-refractivity contribution is 5.33. The Bertz CT molecular complexity index is 896. The van der Waals surface area contributed by atoms with Gasteiger partial charge in [0.1, 0.15) is 11.6 Å². The van der Waals surface area contributed by atoms with Gasteiger partial charge in [-0.1, -0.05) is 18.6 Å². The van der Waals surface area contributed by atoms with Gasteiger partial charge < -0.3 is 4.57 Å². The fourth-order valence-electron chi connectivity index (χ4n) is 4.65. The summed E-state index contributed by atoms with van der Waals surface area (Å²) in [5.41, 5.74) is 2.47. The van der Waals surface area contributed by atoms with Crippen molar-refractivity contribution >= 4 is 0 Å². The summed E-state index contributed by atoms with van der Waals surface area (Å²) in [6, 6.07) is 10.7. The Hall–Kier alpha value is -2.47. The Labute approximate surface area is 166 Å². The summed E-state index contributed by atoms with van der Waals surface area (Å²) < 4.78 is 4.33. The zero-order valence-corrected chi connectivity index (χ0v) is 16.4. The minimum atomic E-state index is 0.511. The Morgan fingerprint density at radius 2 is 1.89 bits per heavy atom. The lowest BCUT2D eigenvalue weighted by molar-refractivity contribution is 0.194. The monoisotopic (exact) mass is 376 g/mol. The molecule has 0 saturated carbocycles. The lowest BCUT2D eigenvalue weighted by Crippen LogP contribution is -2.35. The summed E-state index contributed by atoms with van der Waals surface area (Å²) in [4.78, 5) is 2.58. The van der Waals surface area contributed by atoms with Gasteiger partial charge >= 0.3 is 0 Å². The van der Waals surface area contributed by atoms with E-state index in [1.165, 1.54) is 55.9 Å². The van der Waals surface area contributed by atoms with Crippen LogP contribution in [0.1, 0.15) is 55.2 Å². The first kappa shape index (κ1) is 17.6. The molecule has 0 N–H and O–H groups in total. The van der Waals surface area contributed by atoms with E-state index in [0.717, 1.165) is 31.7 Å². The van der Waals surface area contributed by atoms with Crippen LogP contribution in [0.25, 0.3) is 5.69 Å². The average Bonchev–Trinajstić information content (AvgIpc) is 3.35. The Morgan fingerprint density at radius 3 is 2.75 bits per heavy atom. The standard InChI is InChI=1S/C22H28N6/c1-2-7-21-24-25-22(27(21)14-3-1)19-6-4-13-26(17-19)16-18-8-10-20(11-9-18)28-15-5-12-23-28/h5,8-12,15,19H,1-4,6-7,13-14,16-17H2. The molecule has 1 unspecified atom stereocenters. The molecule has 4 heterocycles. The molecule has 2 aliphatic rings. The summed E-state index contributed by atoms with van der Waals surface area (Å²) in [5, 5.41) is 13.4. The van der Waals surface area contributed by atoms with Crippen LogP contribution in [0, 0.1) is 0 Å². The second-order valence-corrected chi connectivity index (χ2v) is 8.13. The smallest absolute Gasteiger partial charge is 0.137 e. The van der Waals surface area contributed by atoms with Crippen molar-refractivity contribution in [3.63, 3.8) is 0 Å². The molecule has 0 bridgehead atoms. The summed E-state index contributed by atoms with van der Waals surface area (Å²) in [6.45, 7) is 4.34. The van der Waals surface area contributed by atoms with Crippen LogP contribution in [-0.4, -0.2) is 42.5 Å². The van der Waals surface area contributed by atoms with Crippen molar-refractivity contribution in [3.05, 3.63) is 59.9 Å². The molecular weight excluding hydrogens is 348 g/mol. The van der Waals surface area contributed by atoms with Gasteiger partial charge in [-0.25, -0.2) is 4.68 Å². The van der Waals surface area contributed by atoms with Crippen molar-refractivity contribution in [2.75, 3.05) is 13.1 Å². The topological polar surface area (TPSA) is 51.8 Å². The number of aromatic nitrogens is 5. The number of nitrogens with zero attached hydrogens (tertiary/aromatic N) is 6. The third kappa shape index (κ3) is 3.61. The summed E-state index contributed by atoms with van der Waals surface area (Å²) >= 11 is 0. The SMILES string of the molecule is c1cnn(-c2ccc(CN3CCCC(c4nnc5n4CCCCC5)C3)cc2)c1. The Kier molecular flexibility index (Phi) is 4.95. The molecule has 6 nitrogen and oxygen atoms in total. The van der Waals surface area contributed by atoms with E-state index in [1.54, 1.807) is 0 Å². The van der Waals surface area contributed by atoms with Crippen LogP contribution in [0.3, 0.4) is 0 Å². The van der Waals surface area contributed by atoms with Crippen molar-refractivity contribution in [2.24, 2.45) is 0 Å². The van der Waals surface area contributed by atoms with Crippen LogP contribution >= 0.6 is 0 Å².